The van der Waals surface area contributed by atoms with Gasteiger partial charge in [-0.3, -0.25) is 14.5 Å². The van der Waals surface area contributed by atoms with Gasteiger partial charge in [-0.2, -0.15) is 0 Å². The number of halogens is 1. The van der Waals surface area contributed by atoms with Crippen LogP contribution in [-0.4, -0.2) is 23.9 Å². The lowest BCUT2D eigenvalue weighted by Crippen LogP contribution is -2.44. The maximum Gasteiger partial charge on any atom is 0.248 e. The number of fused-ring (bicyclic) bond motifs is 1. The molecule has 1 heterocycles. The third kappa shape index (κ3) is 5.97. The highest BCUT2D eigenvalue weighted by Crippen LogP contribution is 2.32. The minimum absolute atomic E-state index is 0.103. The quantitative estimate of drug-likeness (QED) is 0.226. The van der Waals surface area contributed by atoms with E-state index in [1.165, 1.54) is 0 Å². The van der Waals surface area contributed by atoms with Crippen molar-refractivity contribution in [1.29, 1.82) is 0 Å². The molecule has 0 aliphatic heterocycles. The van der Waals surface area contributed by atoms with Crippen LogP contribution in [0.5, 0.6) is 5.75 Å². The maximum atomic E-state index is 14.1. The van der Waals surface area contributed by atoms with Gasteiger partial charge in [-0.05, 0) is 59.2 Å². The van der Waals surface area contributed by atoms with Gasteiger partial charge in [0.15, 0.2) is 0 Å². The van der Waals surface area contributed by atoms with Crippen LogP contribution in [0.2, 0.25) is 5.02 Å². The number of rotatable bonds is 9. The molecule has 1 atom stereocenters. The number of H-pyrrole nitrogens is 1. The van der Waals surface area contributed by atoms with Crippen molar-refractivity contribution in [3.8, 4) is 5.75 Å². The van der Waals surface area contributed by atoms with Gasteiger partial charge in [-0.15, -0.1) is 0 Å². The number of ether oxygens (including phenoxy) is 1. The first-order valence-electron chi connectivity index (χ1n) is 12.6. The van der Waals surface area contributed by atoms with Crippen LogP contribution in [-0.2, 0) is 22.6 Å². The van der Waals surface area contributed by atoms with Crippen LogP contribution < -0.4 is 15.0 Å². The molecule has 39 heavy (non-hydrogen) atoms. The van der Waals surface area contributed by atoms with Crippen LogP contribution >= 0.6 is 11.6 Å². The summed E-state index contributed by atoms with van der Waals surface area (Å²) < 4.78 is 5.33. The Balaban J connectivity index is 1.55. The maximum absolute atomic E-state index is 14.1. The van der Waals surface area contributed by atoms with Crippen molar-refractivity contribution in [1.82, 2.24) is 10.3 Å². The van der Waals surface area contributed by atoms with Crippen molar-refractivity contribution in [3.05, 3.63) is 131 Å². The normalized spacial score (nSPS) is 11.6. The average molecular weight is 538 g/mol. The molecule has 5 aromatic rings. The monoisotopic (exact) mass is 537 g/mol. The second kappa shape index (κ2) is 11.9. The zero-order valence-corrected chi connectivity index (χ0v) is 22.2. The molecule has 1 aromatic heterocycles. The van der Waals surface area contributed by atoms with E-state index in [0.717, 1.165) is 22.0 Å². The summed E-state index contributed by atoms with van der Waals surface area (Å²) in [6.45, 7) is 0.330. The number of methoxy groups -OCH3 is 1. The number of aromatic amines is 1. The minimum Gasteiger partial charge on any atom is -0.497 e. The summed E-state index contributed by atoms with van der Waals surface area (Å²) in [4.78, 5) is 32.8. The van der Waals surface area contributed by atoms with Crippen LogP contribution in [0.25, 0.3) is 10.9 Å². The fourth-order valence-corrected chi connectivity index (χ4v) is 4.78. The molecule has 6 nitrogen and oxygen atoms in total. The van der Waals surface area contributed by atoms with Crippen LogP contribution in [0, 0.1) is 0 Å². The molecule has 0 spiro atoms. The summed E-state index contributed by atoms with van der Waals surface area (Å²) in [6.07, 6.45) is 1.95. The topological polar surface area (TPSA) is 74.4 Å². The summed E-state index contributed by atoms with van der Waals surface area (Å²) in [5.74, 6) is 0.128. The highest BCUT2D eigenvalue weighted by atomic mass is 35.5. The Morgan fingerprint density at radius 3 is 2.31 bits per heavy atom. The average Bonchev–Trinajstić information content (AvgIpc) is 3.38. The number of carbonyl (C=O) groups is 2. The molecule has 0 bridgehead atoms. The zero-order valence-electron chi connectivity index (χ0n) is 21.4. The second-order valence-electron chi connectivity index (χ2n) is 9.16. The molecule has 2 amide bonds. The SMILES string of the molecule is COc1ccc(N(C(=O)Cc2c[nH]c3ccccc23)C(C(=O)NCc2ccccc2)c2ccc(Cl)cc2)cc1. The van der Waals surface area contributed by atoms with Gasteiger partial charge in [-0.1, -0.05) is 72.3 Å². The Labute approximate surface area is 232 Å². The predicted molar refractivity (Wildman–Crippen MR) is 155 cm³/mol. The van der Waals surface area contributed by atoms with Crippen LogP contribution in [0.1, 0.15) is 22.7 Å². The summed E-state index contributed by atoms with van der Waals surface area (Å²) in [5.41, 5.74) is 3.99. The zero-order chi connectivity index (χ0) is 27.2. The highest BCUT2D eigenvalue weighted by Gasteiger charge is 2.33. The molecule has 0 aliphatic carbocycles. The highest BCUT2D eigenvalue weighted by molar-refractivity contribution is 6.30. The second-order valence-corrected chi connectivity index (χ2v) is 9.59. The third-order valence-corrected chi connectivity index (χ3v) is 6.89. The summed E-state index contributed by atoms with van der Waals surface area (Å²) in [6, 6.07) is 30.7. The molecular formula is C32H28ClN3O3. The van der Waals surface area contributed by atoms with Gasteiger partial charge >= 0.3 is 0 Å². The third-order valence-electron chi connectivity index (χ3n) is 6.64. The molecule has 0 saturated carbocycles. The Morgan fingerprint density at radius 1 is 0.897 bits per heavy atom. The number of amides is 2. The molecule has 5 rings (SSSR count). The van der Waals surface area contributed by atoms with E-state index >= 15 is 0 Å². The predicted octanol–water partition coefficient (Wildman–Crippen LogP) is 6.46. The van der Waals surface area contributed by atoms with Gasteiger partial charge in [0.25, 0.3) is 0 Å². The number of nitrogens with one attached hydrogen (secondary N) is 2. The van der Waals surface area contributed by atoms with Gasteiger partial charge in [0.2, 0.25) is 11.8 Å². The van der Waals surface area contributed by atoms with Gasteiger partial charge < -0.3 is 15.0 Å². The van der Waals surface area contributed by atoms with Crippen molar-refractivity contribution in [2.75, 3.05) is 12.0 Å². The van der Waals surface area contributed by atoms with Gasteiger partial charge in [0.1, 0.15) is 11.8 Å². The number of aromatic nitrogens is 1. The largest absolute Gasteiger partial charge is 0.497 e. The van der Waals surface area contributed by atoms with Gasteiger partial charge in [0.05, 0.1) is 13.5 Å². The van der Waals surface area contributed by atoms with E-state index in [1.807, 2.05) is 60.8 Å². The van der Waals surface area contributed by atoms with Crippen molar-refractivity contribution in [2.24, 2.45) is 0 Å². The molecule has 2 N–H and O–H groups in total. The molecule has 0 aliphatic rings. The molecule has 0 saturated heterocycles. The molecule has 196 valence electrons. The Kier molecular flexibility index (Phi) is 7.94. The molecule has 4 aromatic carbocycles. The van der Waals surface area contributed by atoms with Gasteiger partial charge in [0, 0.05) is 34.4 Å². The summed E-state index contributed by atoms with van der Waals surface area (Å²) in [7, 11) is 1.59. The van der Waals surface area contributed by atoms with E-state index < -0.39 is 6.04 Å². The lowest BCUT2D eigenvalue weighted by molar-refractivity contribution is -0.126. The summed E-state index contributed by atoms with van der Waals surface area (Å²) in [5, 5.41) is 4.55. The fourth-order valence-electron chi connectivity index (χ4n) is 4.65. The molecule has 7 heteroatoms. The number of para-hydroxylation sites is 1. The van der Waals surface area contributed by atoms with E-state index in [2.05, 4.69) is 10.3 Å². The number of hydrogen-bond donors (Lipinski definition) is 2. The van der Waals surface area contributed by atoms with E-state index in [9.17, 15) is 9.59 Å². The summed E-state index contributed by atoms with van der Waals surface area (Å²) >= 11 is 6.18. The van der Waals surface area contributed by atoms with Crippen LogP contribution in [0.15, 0.2) is 109 Å². The standard InChI is InChI=1S/C32H28ClN3O3/c1-39-27-17-15-26(16-18-27)36(30(37)19-24-21-34-29-10-6-5-9-28(24)29)31(23-11-13-25(33)14-12-23)32(38)35-20-22-7-3-2-4-8-22/h2-18,21,31,34H,19-20H2,1H3,(H,35,38). The van der Waals surface area contributed by atoms with E-state index in [1.54, 1.807) is 60.5 Å². The number of benzene rings is 4. The van der Waals surface area contributed by atoms with E-state index in [0.29, 0.717) is 28.6 Å². The molecule has 0 radical (unpaired) electrons. The first-order chi connectivity index (χ1) is 19.0. The van der Waals surface area contributed by atoms with E-state index in [-0.39, 0.29) is 18.2 Å². The first-order valence-corrected chi connectivity index (χ1v) is 13.0. The minimum atomic E-state index is -0.933. The Morgan fingerprint density at radius 2 is 1.59 bits per heavy atom. The van der Waals surface area contributed by atoms with Crippen molar-refractivity contribution >= 4 is 40.0 Å². The lowest BCUT2D eigenvalue weighted by Gasteiger charge is -2.32. The smallest absolute Gasteiger partial charge is 0.248 e. The van der Waals surface area contributed by atoms with Crippen LogP contribution in [0.4, 0.5) is 5.69 Å². The van der Waals surface area contributed by atoms with Crippen molar-refractivity contribution < 1.29 is 14.3 Å². The first kappa shape index (κ1) is 26.1. The van der Waals surface area contributed by atoms with Crippen molar-refractivity contribution in [3.63, 3.8) is 0 Å². The Hall–Kier alpha value is -4.55. The Bertz CT molecular complexity index is 1560. The van der Waals surface area contributed by atoms with E-state index in [4.69, 9.17) is 16.3 Å². The molecular weight excluding hydrogens is 510 g/mol. The number of anilines is 1. The van der Waals surface area contributed by atoms with Crippen molar-refractivity contribution in [2.45, 2.75) is 19.0 Å². The number of nitrogens with zero attached hydrogens (tertiary/aromatic N) is 1. The molecule has 1 unspecified atom stereocenters. The number of carbonyl (C=O) groups excluding carboxylic acids is 2. The number of hydrogen-bond acceptors (Lipinski definition) is 3. The fraction of sp³-hybridized carbons (Fsp3) is 0.125. The molecule has 0 fully saturated rings. The van der Waals surface area contributed by atoms with Gasteiger partial charge in [-0.25, -0.2) is 0 Å². The lowest BCUT2D eigenvalue weighted by atomic mass is 10.0. The van der Waals surface area contributed by atoms with Crippen LogP contribution in [0.3, 0.4) is 0 Å².